The molecule has 1 amide bonds. The Bertz CT molecular complexity index is 1020. The van der Waals surface area contributed by atoms with Gasteiger partial charge < -0.3 is 14.3 Å². The molecule has 0 aliphatic carbocycles. The predicted octanol–water partition coefficient (Wildman–Crippen LogP) is 5.31. The molecule has 4 aromatic rings. The summed E-state index contributed by atoms with van der Waals surface area (Å²) in [5.74, 6) is 0.959. The average molecular weight is 372 g/mol. The van der Waals surface area contributed by atoms with Crippen molar-refractivity contribution in [3.8, 4) is 0 Å². The van der Waals surface area contributed by atoms with Crippen LogP contribution in [0.5, 0.6) is 0 Å². The van der Waals surface area contributed by atoms with E-state index < -0.39 is 0 Å². The fraction of sp³-hybridized carbons (Fsp3) is 0.208. The van der Waals surface area contributed by atoms with E-state index in [4.69, 9.17) is 4.42 Å². The number of fused-ring (bicyclic) bond motifs is 1. The fourth-order valence-corrected chi connectivity index (χ4v) is 3.55. The molecule has 2 aromatic carbocycles. The average Bonchev–Trinajstić information content (AvgIpc) is 3.38. The quantitative estimate of drug-likeness (QED) is 0.455. The predicted molar refractivity (Wildman–Crippen MR) is 111 cm³/mol. The summed E-state index contributed by atoms with van der Waals surface area (Å²) in [6.45, 7) is 1.08. The Labute approximate surface area is 164 Å². The highest BCUT2D eigenvalue weighted by atomic mass is 16.3. The van der Waals surface area contributed by atoms with Crippen LogP contribution in [0.1, 0.15) is 29.7 Å². The number of nitrogens with zero attached hydrogens (tertiary/aromatic N) is 1. The second kappa shape index (κ2) is 8.61. The van der Waals surface area contributed by atoms with Gasteiger partial charge in [-0.3, -0.25) is 4.79 Å². The van der Waals surface area contributed by atoms with E-state index in [2.05, 4.69) is 29.4 Å². The van der Waals surface area contributed by atoms with E-state index in [-0.39, 0.29) is 5.91 Å². The van der Waals surface area contributed by atoms with Crippen LogP contribution in [0.25, 0.3) is 10.9 Å². The lowest BCUT2D eigenvalue weighted by Crippen LogP contribution is -2.29. The molecular weight excluding hydrogens is 348 g/mol. The van der Waals surface area contributed by atoms with Gasteiger partial charge in [0, 0.05) is 30.1 Å². The lowest BCUT2D eigenvalue weighted by molar-refractivity contribution is -0.132. The van der Waals surface area contributed by atoms with Crippen LogP contribution in [0.4, 0.5) is 0 Å². The summed E-state index contributed by atoms with van der Waals surface area (Å²) < 4.78 is 5.47. The van der Waals surface area contributed by atoms with Gasteiger partial charge >= 0.3 is 0 Å². The number of amides is 1. The van der Waals surface area contributed by atoms with E-state index in [0.717, 1.165) is 29.7 Å². The van der Waals surface area contributed by atoms with Crippen molar-refractivity contribution in [3.63, 3.8) is 0 Å². The maximum atomic E-state index is 12.9. The Kier molecular flexibility index (Phi) is 5.57. The minimum absolute atomic E-state index is 0.153. The molecule has 0 unspecified atom stereocenters. The topological polar surface area (TPSA) is 49.2 Å². The molecule has 0 saturated heterocycles. The second-order valence-corrected chi connectivity index (χ2v) is 7.03. The van der Waals surface area contributed by atoms with E-state index in [1.807, 2.05) is 53.4 Å². The van der Waals surface area contributed by atoms with Crippen molar-refractivity contribution in [2.24, 2.45) is 0 Å². The molecule has 1 N–H and O–H groups in total. The van der Waals surface area contributed by atoms with Gasteiger partial charge in [-0.05, 0) is 42.2 Å². The van der Waals surface area contributed by atoms with Crippen molar-refractivity contribution in [2.45, 2.75) is 32.4 Å². The number of aromatic nitrogens is 1. The first-order valence-electron chi connectivity index (χ1n) is 9.68. The van der Waals surface area contributed by atoms with Crippen LogP contribution in [-0.2, 0) is 24.3 Å². The minimum atomic E-state index is 0.153. The Morgan fingerprint density at radius 2 is 1.75 bits per heavy atom. The number of benzene rings is 2. The second-order valence-electron chi connectivity index (χ2n) is 7.03. The third-order valence-electron chi connectivity index (χ3n) is 5.01. The number of H-pyrrole nitrogens is 1. The molecule has 4 heteroatoms. The molecule has 2 heterocycles. The van der Waals surface area contributed by atoms with E-state index in [9.17, 15) is 4.79 Å². The highest BCUT2D eigenvalue weighted by molar-refractivity contribution is 5.83. The van der Waals surface area contributed by atoms with Crippen molar-refractivity contribution >= 4 is 16.8 Å². The number of furan rings is 1. The van der Waals surface area contributed by atoms with Crippen molar-refractivity contribution in [3.05, 3.63) is 96.1 Å². The first kappa shape index (κ1) is 18.1. The number of aromatic amines is 1. The Balaban J connectivity index is 1.40. The molecular formula is C24H24N2O2. The summed E-state index contributed by atoms with van der Waals surface area (Å²) in [6, 6.07) is 22.2. The van der Waals surface area contributed by atoms with Crippen LogP contribution < -0.4 is 0 Å². The van der Waals surface area contributed by atoms with Gasteiger partial charge in [0.25, 0.3) is 0 Å². The van der Waals surface area contributed by atoms with Crippen molar-refractivity contribution in [1.82, 2.24) is 9.88 Å². The molecule has 0 aliphatic heterocycles. The maximum Gasteiger partial charge on any atom is 0.223 e. The lowest BCUT2D eigenvalue weighted by Gasteiger charge is -2.22. The molecule has 0 aliphatic rings. The van der Waals surface area contributed by atoms with Crippen molar-refractivity contribution < 1.29 is 9.21 Å². The molecule has 2 aromatic heterocycles. The summed E-state index contributed by atoms with van der Waals surface area (Å²) in [7, 11) is 0. The molecule has 0 fully saturated rings. The third kappa shape index (κ3) is 4.34. The molecule has 0 saturated carbocycles. The van der Waals surface area contributed by atoms with Crippen LogP contribution in [0, 0.1) is 0 Å². The molecule has 28 heavy (non-hydrogen) atoms. The number of para-hydroxylation sites is 1. The summed E-state index contributed by atoms with van der Waals surface area (Å²) in [4.78, 5) is 18.1. The zero-order valence-electron chi connectivity index (χ0n) is 15.8. The number of carbonyl (C=O) groups is 1. The van der Waals surface area contributed by atoms with E-state index in [0.29, 0.717) is 19.5 Å². The maximum absolute atomic E-state index is 12.9. The van der Waals surface area contributed by atoms with Crippen LogP contribution >= 0.6 is 0 Å². The number of aryl methyl sites for hydroxylation is 1. The minimum Gasteiger partial charge on any atom is -0.467 e. The summed E-state index contributed by atoms with van der Waals surface area (Å²) in [6.07, 6.45) is 5.93. The number of hydrogen-bond donors (Lipinski definition) is 1. The number of rotatable bonds is 8. The first-order valence-corrected chi connectivity index (χ1v) is 9.68. The fourth-order valence-electron chi connectivity index (χ4n) is 3.55. The molecule has 142 valence electrons. The lowest BCUT2D eigenvalue weighted by atomic mass is 10.1. The van der Waals surface area contributed by atoms with Gasteiger partial charge in [-0.2, -0.15) is 0 Å². The molecule has 4 rings (SSSR count). The van der Waals surface area contributed by atoms with Gasteiger partial charge in [0.2, 0.25) is 5.91 Å². The molecule has 0 bridgehead atoms. The van der Waals surface area contributed by atoms with E-state index in [1.165, 1.54) is 10.9 Å². The van der Waals surface area contributed by atoms with E-state index >= 15 is 0 Å². The highest BCUT2D eigenvalue weighted by Crippen LogP contribution is 2.20. The van der Waals surface area contributed by atoms with Gasteiger partial charge in [-0.25, -0.2) is 0 Å². The van der Waals surface area contributed by atoms with Gasteiger partial charge in [0.15, 0.2) is 0 Å². The number of nitrogens with one attached hydrogen (secondary N) is 1. The van der Waals surface area contributed by atoms with Crippen LogP contribution in [0.2, 0.25) is 0 Å². The summed E-state index contributed by atoms with van der Waals surface area (Å²) >= 11 is 0. The van der Waals surface area contributed by atoms with Gasteiger partial charge in [0.1, 0.15) is 5.76 Å². The highest BCUT2D eigenvalue weighted by Gasteiger charge is 2.16. The zero-order chi connectivity index (χ0) is 19.2. The number of hydrogen-bond acceptors (Lipinski definition) is 2. The summed E-state index contributed by atoms with van der Waals surface area (Å²) in [5.41, 5.74) is 3.54. The summed E-state index contributed by atoms with van der Waals surface area (Å²) in [5, 5.41) is 1.24. The van der Waals surface area contributed by atoms with Crippen molar-refractivity contribution in [2.75, 3.05) is 0 Å². The molecule has 4 nitrogen and oxygen atoms in total. The van der Waals surface area contributed by atoms with Crippen LogP contribution in [0.15, 0.2) is 83.6 Å². The molecule has 0 spiro atoms. The van der Waals surface area contributed by atoms with Crippen LogP contribution in [-0.4, -0.2) is 15.8 Å². The smallest absolute Gasteiger partial charge is 0.223 e. The zero-order valence-corrected chi connectivity index (χ0v) is 15.8. The first-order chi connectivity index (χ1) is 13.8. The van der Waals surface area contributed by atoms with Gasteiger partial charge in [-0.15, -0.1) is 0 Å². The standard InChI is InChI=1S/C24H24N2O2/c27-24(14-6-10-20-16-25-23-13-5-4-12-22(20)23)26(18-21-11-7-15-28-21)17-19-8-2-1-3-9-19/h1-5,7-9,11-13,15-16,25H,6,10,14,17-18H2. The Morgan fingerprint density at radius 3 is 2.57 bits per heavy atom. The molecule has 0 atom stereocenters. The largest absolute Gasteiger partial charge is 0.467 e. The Hall–Kier alpha value is -3.27. The third-order valence-corrected chi connectivity index (χ3v) is 5.01. The SMILES string of the molecule is O=C(CCCc1c[nH]c2ccccc12)N(Cc1ccccc1)Cc1ccco1. The molecule has 0 radical (unpaired) electrons. The number of carbonyl (C=O) groups excluding carboxylic acids is 1. The van der Waals surface area contributed by atoms with E-state index in [1.54, 1.807) is 6.26 Å². The van der Waals surface area contributed by atoms with Gasteiger partial charge in [-0.1, -0.05) is 48.5 Å². The Morgan fingerprint density at radius 1 is 0.929 bits per heavy atom. The normalized spacial score (nSPS) is 11.0. The van der Waals surface area contributed by atoms with Gasteiger partial charge in [0.05, 0.1) is 12.8 Å². The van der Waals surface area contributed by atoms with Crippen molar-refractivity contribution in [1.29, 1.82) is 0 Å². The monoisotopic (exact) mass is 372 g/mol. The van der Waals surface area contributed by atoms with Crippen LogP contribution in [0.3, 0.4) is 0 Å².